The SMILES string of the molecule is O=Cc1cc(Br)c(C(F)F)nc1CCl. The number of pyridine rings is 1. The van der Waals surface area contributed by atoms with Crippen LogP contribution in [-0.4, -0.2) is 11.3 Å². The van der Waals surface area contributed by atoms with Crippen LogP contribution in [0.3, 0.4) is 0 Å². The van der Waals surface area contributed by atoms with Gasteiger partial charge in [0.15, 0.2) is 6.29 Å². The second-order valence-electron chi connectivity index (χ2n) is 2.44. The number of aromatic nitrogens is 1. The van der Waals surface area contributed by atoms with Crippen LogP contribution in [0.1, 0.15) is 28.2 Å². The summed E-state index contributed by atoms with van der Waals surface area (Å²) in [7, 11) is 0. The zero-order valence-corrected chi connectivity index (χ0v) is 9.15. The molecule has 0 bridgehead atoms. The lowest BCUT2D eigenvalue weighted by Gasteiger charge is -2.06. The Morgan fingerprint density at radius 3 is 2.71 bits per heavy atom. The van der Waals surface area contributed by atoms with Crippen LogP contribution in [0.4, 0.5) is 8.78 Å². The highest BCUT2D eigenvalue weighted by molar-refractivity contribution is 9.10. The third-order valence-electron chi connectivity index (χ3n) is 1.58. The van der Waals surface area contributed by atoms with E-state index >= 15 is 0 Å². The van der Waals surface area contributed by atoms with E-state index < -0.39 is 12.1 Å². The van der Waals surface area contributed by atoms with E-state index in [-0.39, 0.29) is 21.6 Å². The highest BCUT2D eigenvalue weighted by Gasteiger charge is 2.16. The van der Waals surface area contributed by atoms with Crippen molar-refractivity contribution >= 4 is 33.8 Å². The van der Waals surface area contributed by atoms with Crippen molar-refractivity contribution in [2.24, 2.45) is 0 Å². The normalized spacial score (nSPS) is 10.6. The predicted octanol–water partition coefficient (Wildman–Crippen LogP) is 3.33. The molecule has 76 valence electrons. The minimum absolute atomic E-state index is 0.0684. The molecule has 0 saturated heterocycles. The van der Waals surface area contributed by atoms with E-state index in [9.17, 15) is 13.6 Å². The van der Waals surface area contributed by atoms with Crippen molar-refractivity contribution in [2.45, 2.75) is 12.3 Å². The van der Waals surface area contributed by atoms with Crippen molar-refractivity contribution in [3.05, 3.63) is 27.5 Å². The fourth-order valence-electron chi connectivity index (χ4n) is 0.919. The number of aldehydes is 1. The van der Waals surface area contributed by atoms with Crippen LogP contribution in [0.5, 0.6) is 0 Å². The van der Waals surface area contributed by atoms with E-state index in [1.165, 1.54) is 6.07 Å². The molecule has 0 spiro atoms. The van der Waals surface area contributed by atoms with Gasteiger partial charge in [-0.15, -0.1) is 11.6 Å². The number of hydrogen-bond donors (Lipinski definition) is 0. The molecule has 2 nitrogen and oxygen atoms in total. The van der Waals surface area contributed by atoms with Gasteiger partial charge in [-0.25, -0.2) is 13.8 Å². The molecule has 0 atom stereocenters. The fourth-order valence-corrected chi connectivity index (χ4v) is 1.64. The zero-order valence-electron chi connectivity index (χ0n) is 6.81. The highest BCUT2D eigenvalue weighted by Crippen LogP contribution is 2.27. The third-order valence-corrected chi connectivity index (χ3v) is 2.46. The Balaban J connectivity index is 3.30. The van der Waals surface area contributed by atoms with Gasteiger partial charge in [0.25, 0.3) is 6.43 Å². The average molecular weight is 284 g/mol. The first-order valence-electron chi connectivity index (χ1n) is 3.58. The van der Waals surface area contributed by atoms with Crippen molar-refractivity contribution in [3.63, 3.8) is 0 Å². The molecule has 0 unspecified atom stereocenters. The molecular formula is C8H5BrClF2NO. The molecule has 1 aromatic heterocycles. The lowest BCUT2D eigenvalue weighted by Crippen LogP contribution is -2.01. The van der Waals surface area contributed by atoms with Crippen LogP contribution >= 0.6 is 27.5 Å². The van der Waals surface area contributed by atoms with Crippen LogP contribution in [0.25, 0.3) is 0 Å². The molecule has 0 N–H and O–H groups in total. The molecule has 0 fully saturated rings. The van der Waals surface area contributed by atoms with Crippen molar-refractivity contribution in [1.29, 1.82) is 0 Å². The van der Waals surface area contributed by atoms with Crippen LogP contribution in [0.2, 0.25) is 0 Å². The van der Waals surface area contributed by atoms with Gasteiger partial charge in [0.05, 0.1) is 11.6 Å². The van der Waals surface area contributed by atoms with E-state index in [2.05, 4.69) is 20.9 Å². The van der Waals surface area contributed by atoms with Crippen LogP contribution in [0, 0.1) is 0 Å². The van der Waals surface area contributed by atoms with Gasteiger partial charge in [-0.3, -0.25) is 4.79 Å². The van der Waals surface area contributed by atoms with Crippen molar-refractivity contribution < 1.29 is 13.6 Å². The predicted molar refractivity (Wildman–Crippen MR) is 51.8 cm³/mol. The topological polar surface area (TPSA) is 30.0 Å². The number of carbonyl (C=O) groups excluding carboxylic acids is 1. The smallest absolute Gasteiger partial charge is 0.281 e. The maximum absolute atomic E-state index is 12.4. The average Bonchev–Trinajstić information content (AvgIpc) is 2.16. The number of nitrogens with zero attached hydrogens (tertiary/aromatic N) is 1. The van der Waals surface area contributed by atoms with Gasteiger partial charge < -0.3 is 0 Å². The Hall–Kier alpha value is -0.550. The lowest BCUT2D eigenvalue weighted by atomic mass is 10.2. The van der Waals surface area contributed by atoms with E-state index in [1.807, 2.05) is 0 Å². The van der Waals surface area contributed by atoms with E-state index in [4.69, 9.17) is 11.6 Å². The molecule has 0 radical (unpaired) electrons. The summed E-state index contributed by atoms with van der Waals surface area (Å²) in [5.41, 5.74) is -0.0114. The minimum atomic E-state index is -2.69. The molecule has 0 amide bonds. The van der Waals surface area contributed by atoms with Crippen LogP contribution in [0.15, 0.2) is 10.5 Å². The quantitative estimate of drug-likeness (QED) is 0.629. The molecule has 14 heavy (non-hydrogen) atoms. The number of halogens is 4. The molecular weight excluding hydrogens is 279 g/mol. The van der Waals surface area contributed by atoms with E-state index in [0.717, 1.165) is 0 Å². The van der Waals surface area contributed by atoms with Gasteiger partial charge in [0, 0.05) is 10.0 Å². The van der Waals surface area contributed by atoms with E-state index in [1.54, 1.807) is 0 Å². The monoisotopic (exact) mass is 283 g/mol. The Morgan fingerprint density at radius 1 is 1.64 bits per heavy atom. The number of alkyl halides is 3. The summed E-state index contributed by atoms with van der Waals surface area (Å²) < 4.78 is 24.8. The number of rotatable bonds is 3. The maximum atomic E-state index is 12.4. The molecule has 0 aliphatic carbocycles. The molecule has 1 aromatic rings. The Kier molecular flexibility index (Phi) is 3.95. The van der Waals surface area contributed by atoms with Crippen LogP contribution in [-0.2, 0) is 5.88 Å². The second kappa shape index (κ2) is 4.79. The van der Waals surface area contributed by atoms with Gasteiger partial charge in [-0.05, 0) is 22.0 Å². The number of carbonyl (C=O) groups is 1. The van der Waals surface area contributed by atoms with Gasteiger partial charge in [0.2, 0.25) is 0 Å². The largest absolute Gasteiger partial charge is 0.298 e. The second-order valence-corrected chi connectivity index (χ2v) is 3.57. The summed E-state index contributed by atoms with van der Waals surface area (Å²) in [5.74, 6) is -0.0684. The Morgan fingerprint density at radius 2 is 2.29 bits per heavy atom. The summed E-state index contributed by atoms with van der Waals surface area (Å²) in [6.07, 6.45) is -2.16. The lowest BCUT2D eigenvalue weighted by molar-refractivity contribution is 0.112. The first-order valence-corrected chi connectivity index (χ1v) is 4.91. The third kappa shape index (κ3) is 2.27. The maximum Gasteiger partial charge on any atom is 0.281 e. The fraction of sp³-hybridized carbons (Fsp3) is 0.250. The summed E-state index contributed by atoms with van der Waals surface area (Å²) in [4.78, 5) is 14.1. The van der Waals surface area contributed by atoms with Gasteiger partial charge in [0.1, 0.15) is 5.69 Å². The minimum Gasteiger partial charge on any atom is -0.298 e. The summed E-state index contributed by atoms with van der Waals surface area (Å²) in [5, 5.41) is 0. The highest BCUT2D eigenvalue weighted by atomic mass is 79.9. The van der Waals surface area contributed by atoms with Gasteiger partial charge >= 0.3 is 0 Å². The standard InChI is InChI=1S/C8H5BrClF2NO/c9-5-1-4(3-14)6(2-10)13-7(5)8(11)12/h1,3,8H,2H2. The molecule has 0 aromatic carbocycles. The molecule has 1 heterocycles. The Labute approximate surface area is 92.4 Å². The first-order chi connectivity index (χ1) is 6.60. The van der Waals surface area contributed by atoms with Crippen molar-refractivity contribution in [2.75, 3.05) is 0 Å². The Bertz CT molecular complexity index is 359. The summed E-state index contributed by atoms with van der Waals surface area (Å²) >= 11 is 8.37. The van der Waals surface area contributed by atoms with Gasteiger partial charge in [-0.1, -0.05) is 0 Å². The molecule has 0 aliphatic rings. The first kappa shape index (κ1) is 11.5. The number of hydrogen-bond acceptors (Lipinski definition) is 2. The molecule has 0 saturated carbocycles. The van der Waals surface area contributed by atoms with Gasteiger partial charge in [-0.2, -0.15) is 0 Å². The zero-order chi connectivity index (χ0) is 10.7. The van der Waals surface area contributed by atoms with Crippen molar-refractivity contribution in [3.8, 4) is 0 Å². The summed E-state index contributed by atoms with van der Waals surface area (Å²) in [6, 6.07) is 1.29. The molecule has 6 heteroatoms. The van der Waals surface area contributed by atoms with E-state index in [0.29, 0.717) is 6.29 Å². The van der Waals surface area contributed by atoms with Crippen molar-refractivity contribution in [1.82, 2.24) is 4.98 Å². The molecule has 1 rings (SSSR count). The summed E-state index contributed by atoms with van der Waals surface area (Å²) in [6.45, 7) is 0. The molecule has 0 aliphatic heterocycles. The van der Waals surface area contributed by atoms with Crippen LogP contribution < -0.4 is 0 Å².